The Bertz CT molecular complexity index is 871. The predicted molar refractivity (Wildman–Crippen MR) is 97.8 cm³/mol. The van der Waals surface area contributed by atoms with E-state index in [0.717, 1.165) is 39.5 Å². The summed E-state index contributed by atoms with van der Waals surface area (Å²) in [6, 6.07) is 10.5. The number of hydrogen-bond donors (Lipinski definition) is 1. The highest BCUT2D eigenvalue weighted by Crippen LogP contribution is 2.31. The van der Waals surface area contributed by atoms with Crippen molar-refractivity contribution in [3.05, 3.63) is 53.1 Å². The zero-order valence-electron chi connectivity index (χ0n) is 15.1. The fourth-order valence-electron chi connectivity index (χ4n) is 3.09. The number of aromatic nitrogens is 3. The zero-order chi connectivity index (χ0) is 17.5. The number of aliphatic hydroxyl groups excluding tert-OH is 1. The Balaban J connectivity index is 2.28. The second-order valence-electron chi connectivity index (χ2n) is 7.38. The maximum absolute atomic E-state index is 9.10. The normalized spacial score (nSPS) is 12.1. The zero-order valence-corrected chi connectivity index (χ0v) is 15.1. The van der Waals surface area contributed by atoms with E-state index in [1.54, 1.807) is 0 Å². The first-order valence-corrected chi connectivity index (χ1v) is 8.38. The molecule has 0 aliphatic heterocycles. The van der Waals surface area contributed by atoms with E-state index in [1.165, 1.54) is 0 Å². The van der Waals surface area contributed by atoms with Crippen LogP contribution in [-0.2, 0) is 11.8 Å². The fourth-order valence-corrected chi connectivity index (χ4v) is 3.09. The summed E-state index contributed by atoms with van der Waals surface area (Å²) in [7, 11) is 0. The van der Waals surface area contributed by atoms with Crippen molar-refractivity contribution in [2.75, 3.05) is 6.61 Å². The van der Waals surface area contributed by atoms with Crippen LogP contribution in [0, 0.1) is 13.8 Å². The topological polar surface area (TPSA) is 50.9 Å². The van der Waals surface area contributed by atoms with Gasteiger partial charge in [0, 0.05) is 23.4 Å². The lowest BCUT2D eigenvalue weighted by Gasteiger charge is -2.20. The van der Waals surface area contributed by atoms with Gasteiger partial charge in [0.25, 0.3) is 0 Å². The summed E-state index contributed by atoms with van der Waals surface area (Å²) in [6.07, 6.45) is 0.680. The number of nitrogens with zero attached hydrogens (tertiary/aromatic N) is 3. The van der Waals surface area contributed by atoms with Crippen molar-refractivity contribution in [2.45, 2.75) is 46.5 Å². The molecule has 0 radical (unpaired) electrons. The average Bonchev–Trinajstić information content (AvgIpc) is 2.88. The van der Waals surface area contributed by atoms with Crippen molar-refractivity contribution in [1.82, 2.24) is 14.5 Å². The number of aryl methyl sites for hydroxylation is 2. The van der Waals surface area contributed by atoms with Gasteiger partial charge in [-0.1, -0.05) is 32.9 Å². The molecule has 126 valence electrons. The van der Waals surface area contributed by atoms with Crippen LogP contribution in [-0.4, -0.2) is 26.2 Å². The molecule has 3 aromatic rings. The van der Waals surface area contributed by atoms with Gasteiger partial charge in [0.2, 0.25) is 0 Å². The molecule has 1 aromatic carbocycles. The lowest BCUT2D eigenvalue weighted by atomic mass is 9.95. The van der Waals surface area contributed by atoms with Gasteiger partial charge >= 0.3 is 0 Å². The second-order valence-corrected chi connectivity index (χ2v) is 7.38. The lowest BCUT2D eigenvalue weighted by molar-refractivity contribution is 0.299. The number of rotatable bonds is 3. The van der Waals surface area contributed by atoms with Crippen LogP contribution in [0.4, 0.5) is 0 Å². The first-order chi connectivity index (χ1) is 11.3. The number of imidazole rings is 1. The quantitative estimate of drug-likeness (QED) is 0.796. The highest BCUT2D eigenvalue weighted by molar-refractivity contribution is 5.81. The number of fused-ring (bicyclic) bond motifs is 1. The first-order valence-electron chi connectivity index (χ1n) is 8.38. The molecule has 4 nitrogen and oxygen atoms in total. The number of benzene rings is 1. The molecule has 0 saturated carbocycles. The van der Waals surface area contributed by atoms with Gasteiger partial charge in [-0.15, -0.1) is 0 Å². The molecule has 0 unspecified atom stereocenters. The SMILES string of the molecule is Cc1cc2c(nc(C(C)(C)C)n2-c2ccc(CCO)cc2)c(C)n1. The number of pyridine rings is 1. The summed E-state index contributed by atoms with van der Waals surface area (Å²) in [5.74, 6) is 1.03. The molecule has 2 heterocycles. The molecule has 1 N–H and O–H groups in total. The minimum Gasteiger partial charge on any atom is -0.396 e. The largest absolute Gasteiger partial charge is 0.396 e. The van der Waals surface area contributed by atoms with E-state index < -0.39 is 0 Å². The van der Waals surface area contributed by atoms with Crippen LogP contribution in [0.1, 0.15) is 43.5 Å². The standard InChI is InChI=1S/C20H25N3O/c1-13-12-17-18(14(2)21-13)22-19(20(3,4)5)23(17)16-8-6-15(7-9-16)10-11-24/h6-9,12,24H,10-11H2,1-5H3. The molecule has 0 atom stereocenters. The lowest BCUT2D eigenvalue weighted by Crippen LogP contribution is -2.18. The maximum Gasteiger partial charge on any atom is 0.119 e. The third kappa shape index (κ3) is 2.94. The van der Waals surface area contributed by atoms with E-state index in [0.29, 0.717) is 6.42 Å². The van der Waals surface area contributed by atoms with Crippen LogP contribution < -0.4 is 0 Å². The third-order valence-electron chi connectivity index (χ3n) is 4.21. The van der Waals surface area contributed by atoms with Crippen LogP contribution in [0.3, 0.4) is 0 Å². The van der Waals surface area contributed by atoms with E-state index in [2.05, 4.69) is 60.7 Å². The molecule has 4 heteroatoms. The predicted octanol–water partition coefficient (Wildman–Crippen LogP) is 3.87. The van der Waals surface area contributed by atoms with E-state index >= 15 is 0 Å². The van der Waals surface area contributed by atoms with Gasteiger partial charge in [-0.2, -0.15) is 0 Å². The van der Waals surface area contributed by atoms with Crippen LogP contribution in [0.5, 0.6) is 0 Å². The Hall–Kier alpha value is -2.20. The van der Waals surface area contributed by atoms with Crippen molar-refractivity contribution < 1.29 is 5.11 Å². The van der Waals surface area contributed by atoms with E-state index in [4.69, 9.17) is 10.1 Å². The summed E-state index contributed by atoms with van der Waals surface area (Å²) in [5, 5.41) is 9.10. The van der Waals surface area contributed by atoms with Gasteiger partial charge in [-0.25, -0.2) is 4.98 Å². The van der Waals surface area contributed by atoms with Crippen LogP contribution >= 0.6 is 0 Å². The van der Waals surface area contributed by atoms with E-state index in [-0.39, 0.29) is 12.0 Å². The van der Waals surface area contributed by atoms with Crippen LogP contribution in [0.2, 0.25) is 0 Å². The molecule has 0 fully saturated rings. The van der Waals surface area contributed by atoms with Crippen LogP contribution in [0.25, 0.3) is 16.7 Å². The van der Waals surface area contributed by atoms with Gasteiger partial charge in [0.05, 0.1) is 11.2 Å². The Morgan fingerprint density at radius 2 is 1.71 bits per heavy atom. The highest BCUT2D eigenvalue weighted by Gasteiger charge is 2.24. The Labute approximate surface area is 143 Å². The van der Waals surface area contributed by atoms with Crippen molar-refractivity contribution in [1.29, 1.82) is 0 Å². The smallest absolute Gasteiger partial charge is 0.119 e. The Morgan fingerprint density at radius 1 is 1.04 bits per heavy atom. The number of hydrogen-bond acceptors (Lipinski definition) is 3. The first kappa shape index (κ1) is 16.7. The van der Waals surface area contributed by atoms with Gasteiger partial charge in [-0.05, 0) is 44.0 Å². The summed E-state index contributed by atoms with van der Waals surface area (Å²) in [6.45, 7) is 10.8. The molecular formula is C20H25N3O. The molecule has 0 aliphatic carbocycles. The van der Waals surface area contributed by atoms with Crippen molar-refractivity contribution in [3.63, 3.8) is 0 Å². The van der Waals surface area contributed by atoms with Gasteiger partial charge in [-0.3, -0.25) is 9.55 Å². The van der Waals surface area contributed by atoms with E-state index in [1.807, 2.05) is 13.8 Å². The molecule has 2 aromatic heterocycles. The minimum atomic E-state index is -0.0802. The summed E-state index contributed by atoms with van der Waals surface area (Å²) < 4.78 is 2.24. The molecule has 24 heavy (non-hydrogen) atoms. The van der Waals surface area contributed by atoms with Crippen LogP contribution in [0.15, 0.2) is 30.3 Å². The third-order valence-corrected chi connectivity index (χ3v) is 4.21. The Kier molecular flexibility index (Phi) is 4.18. The average molecular weight is 323 g/mol. The van der Waals surface area contributed by atoms with Gasteiger partial charge in [0.15, 0.2) is 0 Å². The monoisotopic (exact) mass is 323 g/mol. The summed E-state index contributed by atoms with van der Waals surface area (Å²) >= 11 is 0. The molecule has 0 spiro atoms. The molecule has 0 amide bonds. The van der Waals surface area contributed by atoms with Gasteiger partial charge < -0.3 is 5.11 Å². The van der Waals surface area contributed by atoms with Crippen molar-refractivity contribution >= 4 is 11.0 Å². The summed E-state index contributed by atoms with van der Waals surface area (Å²) in [5.41, 5.74) is 6.17. The van der Waals surface area contributed by atoms with Gasteiger partial charge in [0.1, 0.15) is 11.3 Å². The maximum atomic E-state index is 9.10. The molecule has 0 bridgehead atoms. The second kappa shape index (κ2) is 6.02. The minimum absolute atomic E-state index is 0.0802. The van der Waals surface area contributed by atoms with Crippen molar-refractivity contribution in [2.24, 2.45) is 0 Å². The fraction of sp³-hybridized carbons (Fsp3) is 0.400. The number of aliphatic hydroxyl groups is 1. The van der Waals surface area contributed by atoms with E-state index in [9.17, 15) is 0 Å². The summed E-state index contributed by atoms with van der Waals surface area (Å²) in [4.78, 5) is 9.49. The highest BCUT2D eigenvalue weighted by atomic mass is 16.2. The molecular weight excluding hydrogens is 298 g/mol. The Morgan fingerprint density at radius 3 is 2.29 bits per heavy atom. The molecule has 0 saturated heterocycles. The molecule has 3 rings (SSSR count). The van der Waals surface area contributed by atoms with Crippen molar-refractivity contribution in [3.8, 4) is 5.69 Å². The molecule has 0 aliphatic rings.